The first-order valence-electron chi connectivity index (χ1n) is 8.60. The highest BCUT2D eigenvalue weighted by Gasteiger charge is 2.24. The molecule has 1 heterocycles. The fraction of sp³-hybridized carbons (Fsp3) is 0.0455. The SMILES string of the molecule is COC(=O)c1ccccc1N=C1NC(=O)/C(=C/c2cccc3ccccc23)S1. The van der Waals surface area contributed by atoms with Gasteiger partial charge < -0.3 is 10.1 Å². The van der Waals surface area contributed by atoms with Crippen LogP contribution in [0.15, 0.2) is 76.6 Å². The lowest BCUT2D eigenvalue weighted by Gasteiger charge is -2.03. The van der Waals surface area contributed by atoms with E-state index >= 15 is 0 Å². The predicted molar refractivity (Wildman–Crippen MR) is 113 cm³/mol. The highest BCUT2D eigenvalue weighted by atomic mass is 32.2. The van der Waals surface area contributed by atoms with Crippen molar-refractivity contribution in [3.8, 4) is 0 Å². The molecule has 0 atom stereocenters. The second-order valence-corrected chi connectivity index (χ2v) is 7.09. The Hall–Kier alpha value is -3.38. The number of benzene rings is 3. The molecule has 0 saturated carbocycles. The Morgan fingerprint density at radius 1 is 1.04 bits per heavy atom. The van der Waals surface area contributed by atoms with E-state index < -0.39 is 5.97 Å². The van der Waals surface area contributed by atoms with Crippen molar-refractivity contribution in [2.45, 2.75) is 0 Å². The first-order chi connectivity index (χ1) is 13.7. The average molecular weight is 388 g/mol. The molecule has 138 valence electrons. The third-order valence-electron chi connectivity index (χ3n) is 4.29. The van der Waals surface area contributed by atoms with Crippen LogP contribution in [0.2, 0.25) is 0 Å². The lowest BCUT2D eigenvalue weighted by molar-refractivity contribution is -0.115. The van der Waals surface area contributed by atoms with Gasteiger partial charge in [0.05, 0.1) is 23.3 Å². The van der Waals surface area contributed by atoms with Crippen molar-refractivity contribution in [3.05, 3.63) is 82.8 Å². The van der Waals surface area contributed by atoms with Crippen LogP contribution in [0.25, 0.3) is 16.8 Å². The number of carbonyl (C=O) groups is 2. The molecule has 6 heteroatoms. The van der Waals surface area contributed by atoms with Gasteiger partial charge in [-0.25, -0.2) is 9.79 Å². The molecule has 0 radical (unpaired) electrons. The Balaban J connectivity index is 1.67. The molecule has 1 N–H and O–H groups in total. The number of para-hydroxylation sites is 1. The molecule has 4 rings (SSSR count). The Kier molecular flexibility index (Phi) is 4.95. The Bertz CT molecular complexity index is 1150. The first-order valence-corrected chi connectivity index (χ1v) is 9.42. The standard InChI is InChI=1S/C22H16N2O3S/c1-27-21(26)17-11-4-5-12-18(17)23-22-24-20(25)19(28-22)13-15-9-6-8-14-7-2-3-10-16(14)15/h2-13H,1H3,(H,23,24,25)/b19-13-. The van der Waals surface area contributed by atoms with Crippen molar-refractivity contribution >= 4 is 51.3 Å². The number of carbonyl (C=O) groups excluding carboxylic acids is 2. The van der Waals surface area contributed by atoms with Gasteiger partial charge >= 0.3 is 5.97 Å². The maximum Gasteiger partial charge on any atom is 0.340 e. The summed E-state index contributed by atoms with van der Waals surface area (Å²) in [6.45, 7) is 0. The molecule has 3 aromatic carbocycles. The third kappa shape index (κ3) is 3.54. The Morgan fingerprint density at radius 2 is 1.79 bits per heavy atom. The molecule has 0 aliphatic carbocycles. The van der Waals surface area contributed by atoms with Gasteiger partial charge in [-0.2, -0.15) is 0 Å². The summed E-state index contributed by atoms with van der Waals surface area (Å²) in [5.41, 5.74) is 1.76. The third-order valence-corrected chi connectivity index (χ3v) is 5.20. The predicted octanol–water partition coefficient (Wildman–Crippen LogP) is 4.52. The van der Waals surface area contributed by atoms with Crippen LogP contribution in [0.3, 0.4) is 0 Å². The molecule has 1 saturated heterocycles. The van der Waals surface area contributed by atoms with Crippen molar-refractivity contribution in [2.24, 2.45) is 4.99 Å². The van der Waals surface area contributed by atoms with E-state index in [4.69, 9.17) is 4.74 Å². The van der Waals surface area contributed by atoms with E-state index in [-0.39, 0.29) is 5.91 Å². The number of hydrogen-bond donors (Lipinski definition) is 1. The van der Waals surface area contributed by atoms with E-state index in [2.05, 4.69) is 10.3 Å². The minimum absolute atomic E-state index is 0.216. The Labute approximate surface area is 166 Å². The van der Waals surface area contributed by atoms with E-state index in [0.29, 0.717) is 21.3 Å². The number of ether oxygens (including phenoxy) is 1. The molecule has 1 aliphatic heterocycles. The van der Waals surface area contributed by atoms with Gasteiger partial charge in [0.15, 0.2) is 5.17 Å². The maximum absolute atomic E-state index is 12.4. The second kappa shape index (κ2) is 7.70. The topological polar surface area (TPSA) is 67.8 Å². The van der Waals surface area contributed by atoms with Crippen molar-refractivity contribution in [3.63, 3.8) is 0 Å². The van der Waals surface area contributed by atoms with Crippen molar-refractivity contribution < 1.29 is 14.3 Å². The van der Waals surface area contributed by atoms with Crippen LogP contribution in [-0.2, 0) is 9.53 Å². The summed E-state index contributed by atoms with van der Waals surface area (Å²) in [5.74, 6) is -0.687. The molecular formula is C22H16N2O3S. The first kappa shape index (κ1) is 18.0. The zero-order chi connectivity index (χ0) is 19.5. The highest BCUT2D eigenvalue weighted by Crippen LogP contribution is 2.31. The number of nitrogens with zero attached hydrogens (tertiary/aromatic N) is 1. The number of rotatable bonds is 3. The van der Waals surface area contributed by atoms with Crippen LogP contribution in [-0.4, -0.2) is 24.2 Å². The summed E-state index contributed by atoms with van der Waals surface area (Å²) in [6, 6.07) is 20.9. The fourth-order valence-corrected chi connectivity index (χ4v) is 3.79. The van der Waals surface area contributed by atoms with Gasteiger partial charge in [-0.05, 0) is 46.3 Å². The van der Waals surface area contributed by atoms with E-state index in [0.717, 1.165) is 16.3 Å². The molecule has 3 aromatic rings. The van der Waals surface area contributed by atoms with E-state index in [9.17, 15) is 9.59 Å². The van der Waals surface area contributed by atoms with Crippen LogP contribution in [0.4, 0.5) is 5.69 Å². The minimum atomic E-state index is -0.471. The number of methoxy groups -OCH3 is 1. The van der Waals surface area contributed by atoms with Gasteiger partial charge in [-0.1, -0.05) is 54.6 Å². The van der Waals surface area contributed by atoms with Crippen molar-refractivity contribution in [1.29, 1.82) is 0 Å². The highest BCUT2D eigenvalue weighted by molar-refractivity contribution is 8.18. The molecule has 1 amide bonds. The molecule has 0 spiro atoms. The number of amides is 1. The molecule has 28 heavy (non-hydrogen) atoms. The normalized spacial score (nSPS) is 16.5. The fourth-order valence-electron chi connectivity index (χ4n) is 2.96. The van der Waals surface area contributed by atoms with Crippen LogP contribution < -0.4 is 5.32 Å². The van der Waals surface area contributed by atoms with E-state index in [1.807, 2.05) is 48.5 Å². The summed E-state index contributed by atoms with van der Waals surface area (Å²) in [6.07, 6.45) is 1.86. The maximum atomic E-state index is 12.4. The number of amidine groups is 1. The van der Waals surface area contributed by atoms with Gasteiger partial charge in [0, 0.05) is 0 Å². The largest absolute Gasteiger partial charge is 0.465 e. The quantitative estimate of drug-likeness (QED) is 0.529. The lowest BCUT2D eigenvalue weighted by Crippen LogP contribution is -2.19. The molecule has 0 unspecified atom stereocenters. The van der Waals surface area contributed by atoms with Crippen LogP contribution in [0.5, 0.6) is 0 Å². The average Bonchev–Trinajstić information content (AvgIpc) is 3.07. The molecular weight excluding hydrogens is 372 g/mol. The van der Waals surface area contributed by atoms with Gasteiger partial charge in [-0.15, -0.1) is 0 Å². The number of thioether (sulfide) groups is 1. The number of hydrogen-bond acceptors (Lipinski definition) is 5. The summed E-state index contributed by atoms with van der Waals surface area (Å²) >= 11 is 1.24. The van der Waals surface area contributed by atoms with E-state index in [1.54, 1.807) is 24.3 Å². The molecule has 1 aliphatic rings. The van der Waals surface area contributed by atoms with Gasteiger partial charge in [0.1, 0.15) is 0 Å². The smallest absolute Gasteiger partial charge is 0.340 e. The molecule has 5 nitrogen and oxygen atoms in total. The summed E-state index contributed by atoms with van der Waals surface area (Å²) in [4.78, 5) is 29.3. The summed E-state index contributed by atoms with van der Waals surface area (Å²) < 4.78 is 4.79. The lowest BCUT2D eigenvalue weighted by atomic mass is 10.0. The molecule has 0 bridgehead atoms. The zero-order valence-electron chi connectivity index (χ0n) is 15.0. The van der Waals surface area contributed by atoms with Crippen molar-refractivity contribution in [2.75, 3.05) is 7.11 Å². The number of fused-ring (bicyclic) bond motifs is 1. The summed E-state index contributed by atoms with van der Waals surface area (Å²) in [5, 5.41) is 5.37. The van der Waals surface area contributed by atoms with Gasteiger partial charge in [0.2, 0.25) is 0 Å². The van der Waals surface area contributed by atoms with E-state index in [1.165, 1.54) is 18.9 Å². The van der Waals surface area contributed by atoms with Crippen LogP contribution >= 0.6 is 11.8 Å². The van der Waals surface area contributed by atoms with Crippen LogP contribution in [0, 0.1) is 0 Å². The zero-order valence-corrected chi connectivity index (χ0v) is 15.8. The summed E-state index contributed by atoms with van der Waals surface area (Å²) in [7, 11) is 1.32. The van der Waals surface area contributed by atoms with Gasteiger partial charge in [-0.3, -0.25) is 4.79 Å². The Morgan fingerprint density at radius 3 is 2.64 bits per heavy atom. The number of nitrogens with one attached hydrogen (secondary N) is 1. The van der Waals surface area contributed by atoms with Crippen molar-refractivity contribution in [1.82, 2.24) is 5.32 Å². The minimum Gasteiger partial charge on any atom is -0.465 e. The molecule has 0 aromatic heterocycles. The monoisotopic (exact) mass is 388 g/mol. The number of esters is 1. The van der Waals surface area contributed by atoms with Crippen LogP contribution in [0.1, 0.15) is 15.9 Å². The second-order valence-electron chi connectivity index (χ2n) is 6.06. The molecule has 1 fully saturated rings. The number of aliphatic imine (C=N–C) groups is 1. The van der Waals surface area contributed by atoms with Gasteiger partial charge in [0.25, 0.3) is 5.91 Å².